The average molecular weight is 455 g/mol. The highest BCUT2D eigenvalue weighted by molar-refractivity contribution is 8.18. The zero-order valence-electron chi connectivity index (χ0n) is 15.6. The molecule has 1 saturated heterocycles. The summed E-state index contributed by atoms with van der Waals surface area (Å²) in [7, 11) is 0. The summed E-state index contributed by atoms with van der Waals surface area (Å²) in [4.78, 5) is 17.3. The van der Waals surface area contributed by atoms with Crippen molar-refractivity contribution in [3.63, 3.8) is 0 Å². The van der Waals surface area contributed by atoms with Gasteiger partial charge in [0.2, 0.25) is 0 Å². The molecule has 1 fully saturated rings. The van der Waals surface area contributed by atoms with Crippen molar-refractivity contribution in [3.05, 3.63) is 98.9 Å². The number of rotatable bonds is 5. The third-order valence-corrected chi connectivity index (χ3v) is 5.75. The van der Waals surface area contributed by atoms with Crippen LogP contribution < -0.4 is 10.1 Å². The number of aliphatic imine (C=N–C) groups is 1. The third-order valence-electron chi connectivity index (χ3n) is 4.22. The van der Waals surface area contributed by atoms with Crippen LogP contribution >= 0.6 is 35.0 Å². The molecule has 0 aromatic heterocycles. The van der Waals surface area contributed by atoms with E-state index >= 15 is 0 Å². The number of nitrogens with zero attached hydrogens (tertiary/aromatic N) is 1. The Hall–Kier alpha value is -2.73. The Kier molecular flexibility index (Phi) is 6.43. The van der Waals surface area contributed by atoms with E-state index in [1.54, 1.807) is 24.3 Å². The van der Waals surface area contributed by atoms with Crippen molar-refractivity contribution in [3.8, 4) is 5.75 Å². The van der Waals surface area contributed by atoms with Crippen LogP contribution in [0.4, 0.5) is 5.69 Å². The highest BCUT2D eigenvalue weighted by Crippen LogP contribution is 2.29. The van der Waals surface area contributed by atoms with Crippen molar-refractivity contribution < 1.29 is 9.53 Å². The summed E-state index contributed by atoms with van der Waals surface area (Å²) in [5.41, 5.74) is 2.49. The maximum absolute atomic E-state index is 12.3. The van der Waals surface area contributed by atoms with E-state index in [1.165, 1.54) is 11.8 Å². The molecule has 1 aliphatic rings. The largest absolute Gasteiger partial charge is 0.489 e. The quantitative estimate of drug-likeness (QED) is 0.449. The fraction of sp³-hybridized carbons (Fsp3) is 0.0435. The third kappa shape index (κ3) is 5.25. The highest BCUT2D eigenvalue weighted by atomic mass is 35.5. The molecule has 0 bridgehead atoms. The van der Waals surface area contributed by atoms with Gasteiger partial charge in [-0.25, -0.2) is 4.99 Å². The molecular formula is C23H16Cl2N2O2S. The first-order valence-electron chi connectivity index (χ1n) is 9.08. The molecule has 30 heavy (non-hydrogen) atoms. The molecular weight excluding hydrogens is 439 g/mol. The number of hydrogen-bond acceptors (Lipinski definition) is 4. The van der Waals surface area contributed by atoms with Gasteiger partial charge in [0.15, 0.2) is 5.17 Å². The number of halogens is 2. The fourth-order valence-corrected chi connectivity index (χ4v) is 3.89. The van der Waals surface area contributed by atoms with Gasteiger partial charge in [0.05, 0.1) is 10.6 Å². The Morgan fingerprint density at radius 1 is 1.00 bits per heavy atom. The zero-order chi connectivity index (χ0) is 20.9. The van der Waals surface area contributed by atoms with Crippen molar-refractivity contribution >= 4 is 57.8 Å². The molecule has 7 heteroatoms. The summed E-state index contributed by atoms with van der Waals surface area (Å²) < 4.78 is 5.86. The molecule has 4 nitrogen and oxygen atoms in total. The van der Waals surface area contributed by atoms with E-state index in [-0.39, 0.29) is 5.91 Å². The van der Waals surface area contributed by atoms with Crippen LogP contribution in [-0.2, 0) is 11.4 Å². The van der Waals surface area contributed by atoms with Crippen LogP contribution in [0, 0.1) is 0 Å². The van der Waals surface area contributed by atoms with Crippen LogP contribution in [0.1, 0.15) is 11.1 Å². The van der Waals surface area contributed by atoms with E-state index in [9.17, 15) is 4.79 Å². The van der Waals surface area contributed by atoms with E-state index in [1.807, 2.05) is 54.6 Å². The smallest absolute Gasteiger partial charge is 0.264 e. The molecule has 3 aromatic rings. The molecule has 1 amide bonds. The van der Waals surface area contributed by atoms with Crippen molar-refractivity contribution in [1.82, 2.24) is 5.32 Å². The predicted molar refractivity (Wildman–Crippen MR) is 124 cm³/mol. The van der Waals surface area contributed by atoms with E-state index in [0.29, 0.717) is 32.5 Å². The Morgan fingerprint density at radius 3 is 2.60 bits per heavy atom. The first-order valence-corrected chi connectivity index (χ1v) is 10.7. The van der Waals surface area contributed by atoms with Gasteiger partial charge in [-0.05, 0) is 65.9 Å². The van der Waals surface area contributed by atoms with Crippen molar-refractivity contribution in [2.75, 3.05) is 0 Å². The van der Waals surface area contributed by atoms with E-state index in [0.717, 1.165) is 16.8 Å². The lowest BCUT2D eigenvalue weighted by Gasteiger charge is -2.08. The SMILES string of the molecule is O=C1NC(=Nc2ccc(Cl)cc2)SC1=Cc1cccc(OCc2ccccc2Cl)c1. The van der Waals surface area contributed by atoms with Gasteiger partial charge in [0.25, 0.3) is 5.91 Å². The van der Waals surface area contributed by atoms with E-state index < -0.39 is 0 Å². The van der Waals surface area contributed by atoms with Gasteiger partial charge in [-0.3, -0.25) is 4.79 Å². The average Bonchev–Trinajstić information content (AvgIpc) is 3.08. The van der Waals surface area contributed by atoms with Crippen molar-refractivity contribution in [2.45, 2.75) is 6.61 Å². The summed E-state index contributed by atoms with van der Waals surface area (Å²) in [6.07, 6.45) is 1.81. The second kappa shape index (κ2) is 9.39. The molecule has 0 saturated carbocycles. The lowest BCUT2D eigenvalue weighted by Crippen LogP contribution is -2.19. The van der Waals surface area contributed by atoms with Crippen molar-refractivity contribution in [2.24, 2.45) is 4.99 Å². The number of amides is 1. The number of hydrogen-bond donors (Lipinski definition) is 1. The van der Waals surface area contributed by atoms with Gasteiger partial charge >= 0.3 is 0 Å². The minimum absolute atomic E-state index is 0.185. The van der Waals surface area contributed by atoms with Gasteiger partial charge in [-0.2, -0.15) is 0 Å². The number of nitrogens with one attached hydrogen (secondary N) is 1. The summed E-state index contributed by atoms with van der Waals surface area (Å²) in [5.74, 6) is 0.512. The lowest BCUT2D eigenvalue weighted by molar-refractivity contribution is -0.115. The van der Waals surface area contributed by atoms with E-state index in [2.05, 4.69) is 10.3 Å². The zero-order valence-corrected chi connectivity index (χ0v) is 18.0. The van der Waals surface area contributed by atoms with Gasteiger partial charge in [-0.15, -0.1) is 0 Å². The lowest BCUT2D eigenvalue weighted by atomic mass is 10.2. The predicted octanol–water partition coefficient (Wildman–Crippen LogP) is 6.46. The van der Waals surface area contributed by atoms with Gasteiger partial charge in [0, 0.05) is 15.6 Å². The fourth-order valence-electron chi connectivity index (χ4n) is 2.74. The maximum atomic E-state index is 12.3. The first-order chi connectivity index (χ1) is 14.6. The molecule has 0 spiro atoms. The van der Waals surface area contributed by atoms with Crippen LogP contribution in [-0.4, -0.2) is 11.1 Å². The second-order valence-electron chi connectivity index (χ2n) is 6.41. The normalized spacial score (nSPS) is 16.1. The van der Waals surface area contributed by atoms with Crippen LogP contribution in [0.5, 0.6) is 5.75 Å². The molecule has 0 atom stereocenters. The Morgan fingerprint density at radius 2 is 1.80 bits per heavy atom. The molecule has 0 radical (unpaired) electrons. The summed E-state index contributed by atoms with van der Waals surface area (Å²) >= 11 is 13.4. The number of carbonyl (C=O) groups is 1. The summed E-state index contributed by atoms with van der Waals surface area (Å²) in [6, 6.07) is 22.2. The number of amidine groups is 1. The molecule has 1 N–H and O–H groups in total. The van der Waals surface area contributed by atoms with Gasteiger partial charge in [-0.1, -0.05) is 53.5 Å². The molecule has 0 aliphatic carbocycles. The molecule has 4 rings (SSSR count). The van der Waals surface area contributed by atoms with Crippen LogP contribution in [0.15, 0.2) is 82.7 Å². The summed E-state index contributed by atoms with van der Waals surface area (Å²) in [5, 5.41) is 4.62. The number of ether oxygens (including phenoxy) is 1. The van der Waals surface area contributed by atoms with Gasteiger partial charge < -0.3 is 10.1 Å². The molecule has 150 valence electrons. The Labute approximate surface area is 188 Å². The van der Waals surface area contributed by atoms with Gasteiger partial charge in [0.1, 0.15) is 12.4 Å². The van der Waals surface area contributed by atoms with E-state index in [4.69, 9.17) is 27.9 Å². The second-order valence-corrected chi connectivity index (χ2v) is 8.29. The molecule has 1 heterocycles. The maximum Gasteiger partial charge on any atom is 0.264 e. The standard InChI is InChI=1S/C23H16Cl2N2O2S/c24-17-8-10-18(11-9-17)26-23-27-22(28)21(30-23)13-15-4-3-6-19(12-15)29-14-16-5-1-2-7-20(16)25/h1-13H,14H2,(H,26,27,28). The molecule has 0 unspecified atom stereocenters. The van der Waals surface area contributed by atoms with Crippen LogP contribution in [0.25, 0.3) is 6.08 Å². The minimum atomic E-state index is -0.185. The van der Waals surface area contributed by atoms with Crippen LogP contribution in [0.3, 0.4) is 0 Å². The first kappa shape index (κ1) is 20.5. The topological polar surface area (TPSA) is 50.7 Å². The minimum Gasteiger partial charge on any atom is -0.489 e. The van der Waals surface area contributed by atoms with Crippen LogP contribution in [0.2, 0.25) is 10.0 Å². The molecule has 1 aliphatic heterocycles. The molecule has 3 aromatic carbocycles. The number of carbonyl (C=O) groups excluding carboxylic acids is 1. The highest BCUT2D eigenvalue weighted by Gasteiger charge is 2.23. The summed E-state index contributed by atoms with van der Waals surface area (Å²) in [6.45, 7) is 0.368. The number of benzene rings is 3. The number of thioether (sulfide) groups is 1. The van der Waals surface area contributed by atoms with Crippen molar-refractivity contribution in [1.29, 1.82) is 0 Å². The Balaban J connectivity index is 1.46. The Bertz CT molecular complexity index is 1140. The monoisotopic (exact) mass is 454 g/mol.